The Labute approximate surface area is 127 Å². The van der Waals surface area contributed by atoms with E-state index in [2.05, 4.69) is 10.3 Å². The van der Waals surface area contributed by atoms with Gasteiger partial charge in [0.15, 0.2) is 0 Å². The Morgan fingerprint density at radius 2 is 2.30 bits per heavy atom. The van der Waals surface area contributed by atoms with Gasteiger partial charge in [-0.05, 0) is 12.8 Å². The van der Waals surface area contributed by atoms with Crippen LogP contribution in [0, 0.1) is 12.8 Å². The average Bonchev–Trinajstić information content (AvgIpc) is 2.77. The van der Waals surface area contributed by atoms with Crippen molar-refractivity contribution < 1.29 is 14.7 Å². The maximum atomic E-state index is 11.6. The fraction of sp³-hybridized carbons (Fsp3) is 0.615. The number of thioether (sulfide) groups is 1. The van der Waals surface area contributed by atoms with E-state index in [0.29, 0.717) is 13.0 Å². The zero-order valence-corrected chi connectivity index (χ0v) is 13.4. The van der Waals surface area contributed by atoms with Crippen molar-refractivity contribution in [3.63, 3.8) is 0 Å². The van der Waals surface area contributed by atoms with Crippen LogP contribution in [0.4, 0.5) is 0 Å². The van der Waals surface area contributed by atoms with Crippen molar-refractivity contribution >= 4 is 35.0 Å². The lowest BCUT2D eigenvalue weighted by molar-refractivity contribution is -0.138. The van der Waals surface area contributed by atoms with Crippen LogP contribution in [-0.4, -0.2) is 34.3 Å². The molecule has 1 heterocycles. The van der Waals surface area contributed by atoms with Crippen molar-refractivity contribution in [1.29, 1.82) is 0 Å². The SMILES string of the molecule is Cc1nc(CSCCC(=O)NCC(C)CC(=O)O)cs1. The minimum Gasteiger partial charge on any atom is -0.481 e. The zero-order chi connectivity index (χ0) is 15.0. The summed E-state index contributed by atoms with van der Waals surface area (Å²) >= 11 is 3.32. The summed E-state index contributed by atoms with van der Waals surface area (Å²) in [6.45, 7) is 4.21. The smallest absolute Gasteiger partial charge is 0.303 e. The second kappa shape index (κ2) is 8.97. The third-order valence-corrected chi connectivity index (χ3v) is 4.38. The quantitative estimate of drug-likeness (QED) is 0.683. The summed E-state index contributed by atoms with van der Waals surface area (Å²) in [5.41, 5.74) is 1.06. The normalized spacial score (nSPS) is 12.1. The molecule has 1 aromatic rings. The Kier molecular flexibility index (Phi) is 7.61. The molecule has 1 aromatic heterocycles. The lowest BCUT2D eigenvalue weighted by atomic mass is 10.1. The molecule has 0 spiro atoms. The third kappa shape index (κ3) is 7.49. The molecule has 20 heavy (non-hydrogen) atoms. The molecule has 0 bridgehead atoms. The molecule has 0 aliphatic rings. The number of aromatic nitrogens is 1. The zero-order valence-electron chi connectivity index (χ0n) is 11.7. The van der Waals surface area contributed by atoms with E-state index < -0.39 is 5.97 Å². The lowest BCUT2D eigenvalue weighted by Crippen LogP contribution is -2.29. The van der Waals surface area contributed by atoms with Gasteiger partial charge in [0.05, 0.1) is 10.7 Å². The summed E-state index contributed by atoms with van der Waals surface area (Å²) in [5.74, 6) is 0.676. The highest BCUT2D eigenvalue weighted by molar-refractivity contribution is 7.98. The Bertz CT molecular complexity index is 449. The Morgan fingerprint density at radius 1 is 1.55 bits per heavy atom. The van der Waals surface area contributed by atoms with Crippen LogP contribution in [0.5, 0.6) is 0 Å². The number of nitrogens with zero attached hydrogens (tertiary/aromatic N) is 1. The molecular weight excluding hydrogens is 296 g/mol. The number of carboxylic acids is 1. The predicted molar refractivity (Wildman–Crippen MR) is 82.1 cm³/mol. The van der Waals surface area contributed by atoms with Crippen LogP contribution < -0.4 is 5.32 Å². The van der Waals surface area contributed by atoms with E-state index in [1.54, 1.807) is 23.1 Å². The number of hydrogen-bond donors (Lipinski definition) is 2. The minimum absolute atomic E-state index is 0.0239. The second-order valence-corrected chi connectivity index (χ2v) is 6.83. The molecule has 1 rings (SSSR count). The Balaban J connectivity index is 2.06. The molecule has 0 radical (unpaired) electrons. The average molecular weight is 316 g/mol. The summed E-state index contributed by atoms with van der Waals surface area (Å²) in [6.07, 6.45) is 0.534. The molecule has 1 atom stereocenters. The van der Waals surface area contributed by atoms with Gasteiger partial charge in [0.25, 0.3) is 0 Å². The largest absolute Gasteiger partial charge is 0.481 e. The number of carbonyl (C=O) groups excluding carboxylic acids is 1. The Hall–Kier alpha value is -1.08. The number of thiazole rings is 1. The molecule has 0 aromatic carbocycles. The molecule has 7 heteroatoms. The molecule has 2 N–H and O–H groups in total. The maximum absolute atomic E-state index is 11.6. The van der Waals surface area contributed by atoms with Crippen molar-refractivity contribution in [3.05, 3.63) is 16.1 Å². The number of carboxylic acid groups (broad SMARTS) is 1. The molecule has 0 aliphatic carbocycles. The maximum Gasteiger partial charge on any atom is 0.303 e. The first kappa shape index (κ1) is 17.0. The van der Waals surface area contributed by atoms with Gasteiger partial charge in [0, 0.05) is 36.3 Å². The number of aryl methyl sites for hydroxylation is 1. The van der Waals surface area contributed by atoms with Gasteiger partial charge in [-0.2, -0.15) is 11.8 Å². The fourth-order valence-corrected chi connectivity index (χ4v) is 3.11. The van der Waals surface area contributed by atoms with Gasteiger partial charge in [-0.15, -0.1) is 11.3 Å². The number of carbonyl (C=O) groups is 2. The van der Waals surface area contributed by atoms with Gasteiger partial charge >= 0.3 is 5.97 Å². The molecule has 5 nitrogen and oxygen atoms in total. The van der Waals surface area contributed by atoms with Crippen molar-refractivity contribution in [2.45, 2.75) is 32.4 Å². The number of amides is 1. The van der Waals surface area contributed by atoms with Gasteiger partial charge in [-0.25, -0.2) is 4.98 Å². The summed E-state index contributed by atoms with van der Waals surface area (Å²) < 4.78 is 0. The van der Waals surface area contributed by atoms with E-state index in [0.717, 1.165) is 22.2 Å². The Morgan fingerprint density at radius 3 is 2.90 bits per heavy atom. The fourth-order valence-electron chi connectivity index (χ4n) is 1.56. The first-order chi connectivity index (χ1) is 9.47. The lowest BCUT2D eigenvalue weighted by Gasteiger charge is -2.10. The standard InChI is InChI=1S/C13H20N2O3S2/c1-9(5-13(17)18)6-14-12(16)3-4-19-7-11-8-20-10(2)15-11/h8-9H,3-7H2,1-2H3,(H,14,16)(H,17,18). The van der Waals surface area contributed by atoms with Crippen LogP contribution in [0.25, 0.3) is 0 Å². The van der Waals surface area contributed by atoms with Gasteiger partial charge in [-0.1, -0.05) is 6.92 Å². The van der Waals surface area contributed by atoms with E-state index >= 15 is 0 Å². The van der Waals surface area contributed by atoms with E-state index in [1.165, 1.54) is 0 Å². The van der Waals surface area contributed by atoms with Crippen molar-refractivity contribution in [2.24, 2.45) is 5.92 Å². The highest BCUT2D eigenvalue weighted by Crippen LogP contribution is 2.15. The minimum atomic E-state index is -0.833. The monoisotopic (exact) mass is 316 g/mol. The summed E-state index contributed by atoms with van der Waals surface area (Å²) in [7, 11) is 0. The molecule has 1 amide bonds. The third-order valence-electron chi connectivity index (χ3n) is 2.56. The summed E-state index contributed by atoms with van der Waals surface area (Å²) in [6, 6.07) is 0. The molecule has 0 saturated carbocycles. The second-order valence-electron chi connectivity index (χ2n) is 4.67. The van der Waals surface area contributed by atoms with Crippen molar-refractivity contribution in [2.75, 3.05) is 12.3 Å². The van der Waals surface area contributed by atoms with Gasteiger partial charge in [0.2, 0.25) is 5.91 Å². The molecular formula is C13H20N2O3S2. The number of nitrogens with one attached hydrogen (secondary N) is 1. The van der Waals surface area contributed by atoms with Gasteiger partial charge in [0.1, 0.15) is 0 Å². The van der Waals surface area contributed by atoms with Gasteiger partial charge in [-0.3, -0.25) is 9.59 Å². The van der Waals surface area contributed by atoms with Crippen LogP contribution in [0.2, 0.25) is 0 Å². The predicted octanol–water partition coefficient (Wildman–Crippen LogP) is 2.30. The molecule has 1 unspecified atom stereocenters. The summed E-state index contributed by atoms with van der Waals surface area (Å²) in [5, 5.41) is 14.5. The van der Waals surface area contributed by atoms with Crippen molar-refractivity contribution in [1.82, 2.24) is 10.3 Å². The van der Waals surface area contributed by atoms with E-state index in [-0.39, 0.29) is 18.2 Å². The van der Waals surface area contributed by atoms with Crippen LogP contribution >= 0.6 is 23.1 Å². The number of aliphatic carboxylic acids is 1. The van der Waals surface area contributed by atoms with E-state index in [4.69, 9.17) is 5.11 Å². The van der Waals surface area contributed by atoms with Crippen LogP contribution in [0.1, 0.15) is 30.5 Å². The topological polar surface area (TPSA) is 79.3 Å². The number of rotatable bonds is 9. The highest BCUT2D eigenvalue weighted by atomic mass is 32.2. The van der Waals surface area contributed by atoms with E-state index in [9.17, 15) is 9.59 Å². The highest BCUT2D eigenvalue weighted by Gasteiger charge is 2.09. The summed E-state index contributed by atoms with van der Waals surface area (Å²) in [4.78, 5) is 26.4. The van der Waals surface area contributed by atoms with Crippen LogP contribution in [0.3, 0.4) is 0 Å². The molecule has 0 aliphatic heterocycles. The number of hydrogen-bond acceptors (Lipinski definition) is 5. The first-order valence-electron chi connectivity index (χ1n) is 6.44. The van der Waals surface area contributed by atoms with E-state index in [1.807, 2.05) is 19.2 Å². The first-order valence-corrected chi connectivity index (χ1v) is 8.48. The molecule has 112 valence electrons. The van der Waals surface area contributed by atoms with Crippen LogP contribution in [0.15, 0.2) is 5.38 Å². The van der Waals surface area contributed by atoms with Gasteiger partial charge < -0.3 is 10.4 Å². The molecule has 0 fully saturated rings. The van der Waals surface area contributed by atoms with Crippen molar-refractivity contribution in [3.8, 4) is 0 Å². The molecule has 0 saturated heterocycles. The van der Waals surface area contributed by atoms with Crippen LogP contribution in [-0.2, 0) is 15.3 Å².